The van der Waals surface area contributed by atoms with Crippen molar-refractivity contribution in [2.45, 2.75) is 51.7 Å². The van der Waals surface area contributed by atoms with Crippen LogP contribution in [-0.2, 0) is 18.5 Å². The summed E-state index contributed by atoms with van der Waals surface area (Å²) in [4.78, 5) is 18.6. The second kappa shape index (κ2) is 6.26. The molecule has 2 amide bonds. The van der Waals surface area contributed by atoms with E-state index in [-0.39, 0.29) is 17.6 Å². The monoisotopic (exact) mass is 327 g/mol. The molecule has 0 saturated heterocycles. The fourth-order valence-electron chi connectivity index (χ4n) is 3.30. The van der Waals surface area contributed by atoms with Gasteiger partial charge in [-0.15, -0.1) is 0 Å². The summed E-state index contributed by atoms with van der Waals surface area (Å²) in [6.07, 6.45) is 3.53. The molecule has 3 rings (SSSR count). The van der Waals surface area contributed by atoms with Gasteiger partial charge in [-0.05, 0) is 44.7 Å². The van der Waals surface area contributed by atoms with Crippen molar-refractivity contribution in [3.8, 4) is 0 Å². The summed E-state index contributed by atoms with van der Waals surface area (Å²) < 4.78 is 1.85. The molecular weight excluding hydrogens is 302 g/mol. The van der Waals surface area contributed by atoms with Gasteiger partial charge < -0.3 is 10.2 Å². The Labute approximate surface area is 142 Å². The van der Waals surface area contributed by atoms with Crippen LogP contribution in [0, 0.1) is 0 Å². The molecule has 2 aromatic rings. The quantitative estimate of drug-likeness (QED) is 0.943. The van der Waals surface area contributed by atoms with Crippen molar-refractivity contribution in [3.05, 3.63) is 47.5 Å². The average Bonchev–Trinajstić information content (AvgIpc) is 3.18. The highest BCUT2D eigenvalue weighted by atomic mass is 16.2. The third-order valence-electron chi connectivity index (χ3n) is 4.54. The predicted octanol–water partition coefficient (Wildman–Crippen LogP) is 2.86. The zero-order valence-corrected chi connectivity index (χ0v) is 14.8. The lowest BCUT2D eigenvalue weighted by molar-refractivity contribution is 0.189. The van der Waals surface area contributed by atoms with Gasteiger partial charge in [0.15, 0.2) is 0 Å². The van der Waals surface area contributed by atoms with E-state index in [0.717, 1.165) is 18.7 Å². The molecule has 128 valence electrons. The number of nitrogens with one attached hydrogen (secondary N) is 1. The third kappa shape index (κ3) is 3.13. The highest BCUT2D eigenvalue weighted by Gasteiger charge is 2.28. The molecule has 0 saturated carbocycles. The SMILES string of the molecule is CN(C(=O)NCc1ncnn1C(C)(C)C)C1CCc2ccccc21. The van der Waals surface area contributed by atoms with Crippen molar-refractivity contribution < 1.29 is 4.79 Å². The number of nitrogens with zero attached hydrogens (tertiary/aromatic N) is 4. The first-order valence-electron chi connectivity index (χ1n) is 8.36. The van der Waals surface area contributed by atoms with Crippen LogP contribution >= 0.6 is 0 Å². The van der Waals surface area contributed by atoms with Crippen molar-refractivity contribution in [2.75, 3.05) is 7.05 Å². The first-order chi connectivity index (χ1) is 11.4. The molecule has 0 aliphatic heterocycles. The molecule has 1 unspecified atom stereocenters. The smallest absolute Gasteiger partial charge is 0.318 e. The maximum Gasteiger partial charge on any atom is 0.318 e. The molecule has 1 aromatic heterocycles. The Hall–Kier alpha value is -2.37. The van der Waals surface area contributed by atoms with Gasteiger partial charge in [-0.1, -0.05) is 24.3 Å². The fraction of sp³-hybridized carbons (Fsp3) is 0.500. The molecule has 0 bridgehead atoms. The summed E-state index contributed by atoms with van der Waals surface area (Å²) in [5, 5.41) is 7.23. The van der Waals surface area contributed by atoms with Crippen LogP contribution in [0.15, 0.2) is 30.6 Å². The summed E-state index contributed by atoms with van der Waals surface area (Å²) >= 11 is 0. The van der Waals surface area contributed by atoms with Crippen LogP contribution in [0.1, 0.15) is 50.2 Å². The van der Waals surface area contributed by atoms with Crippen LogP contribution in [0.4, 0.5) is 4.79 Å². The van der Waals surface area contributed by atoms with Gasteiger partial charge in [-0.2, -0.15) is 5.10 Å². The van der Waals surface area contributed by atoms with Gasteiger partial charge in [0.25, 0.3) is 0 Å². The Kier molecular flexibility index (Phi) is 4.30. The zero-order valence-electron chi connectivity index (χ0n) is 14.8. The number of aromatic nitrogens is 3. The molecule has 6 nitrogen and oxygen atoms in total. The maximum absolute atomic E-state index is 12.6. The summed E-state index contributed by atoms with van der Waals surface area (Å²) in [6.45, 7) is 6.56. The average molecular weight is 327 g/mol. The van der Waals surface area contributed by atoms with E-state index in [0.29, 0.717) is 6.54 Å². The van der Waals surface area contributed by atoms with Crippen LogP contribution in [0.2, 0.25) is 0 Å². The molecule has 1 aromatic carbocycles. The number of aryl methyl sites for hydroxylation is 1. The molecular formula is C18H25N5O. The van der Waals surface area contributed by atoms with Gasteiger partial charge in [-0.3, -0.25) is 0 Å². The fourth-order valence-corrected chi connectivity index (χ4v) is 3.30. The van der Waals surface area contributed by atoms with E-state index >= 15 is 0 Å². The highest BCUT2D eigenvalue weighted by Crippen LogP contribution is 2.34. The normalized spacial score (nSPS) is 16.8. The molecule has 1 atom stereocenters. The van der Waals surface area contributed by atoms with Crippen LogP contribution < -0.4 is 5.32 Å². The third-order valence-corrected chi connectivity index (χ3v) is 4.54. The largest absolute Gasteiger partial charge is 0.331 e. The number of carbonyl (C=O) groups excluding carboxylic acids is 1. The number of amides is 2. The molecule has 1 aliphatic rings. The topological polar surface area (TPSA) is 63.1 Å². The minimum Gasteiger partial charge on any atom is -0.331 e. The first-order valence-corrected chi connectivity index (χ1v) is 8.36. The lowest BCUT2D eigenvalue weighted by Gasteiger charge is -2.26. The van der Waals surface area contributed by atoms with Gasteiger partial charge in [0.1, 0.15) is 12.2 Å². The number of benzene rings is 1. The van der Waals surface area contributed by atoms with E-state index in [9.17, 15) is 4.79 Å². The number of hydrogen-bond acceptors (Lipinski definition) is 3. The summed E-state index contributed by atoms with van der Waals surface area (Å²) in [7, 11) is 1.86. The van der Waals surface area contributed by atoms with Gasteiger partial charge in [0.2, 0.25) is 0 Å². The van der Waals surface area contributed by atoms with Crippen molar-refractivity contribution in [2.24, 2.45) is 0 Å². The molecule has 1 N–H and O–H groups in total. The van der Waals surface area contributed by atoms with Crippen LogP contribution in [0.5, 0.6) is 0 Å². The van der Waals surface area contributed by atoms with E-state index in [1.807, 2.05) is 17.8 Å². The zero-order chi connectivity index (χ0) is 17.3. The van der Waals surface area contributed by atoms with Crippen LogP contribution in [0.3, 0.4) is 0 Å². The summed E-state index contributed by atoms with van der Waals surface area (Å²) in [5.41, 5.74) is 2.44. The van der Waals surface area contributed by atoms with Gasteiger partial charge in [0, 0.05) is 7.05 Å². The Morgan fingerprint density at radius 3 is 2.88 bits per heavy atom. The number of carbonyl (C=O) groups is 1. The van der Waals surface area contributed by atoms with E-state index in [1.165, 1.54) is 17.5 Å². The lowest BCUT2D eigenvalue weighted by atomic mass is 10.1. The van der Waals surface area contributed by atoms with Crippen molar-refractivity contribution >= 4 is 6.03 Å². The Morgan fingerprint density at radius 1 is 1.38 bits per heavy atom. The second-order valence-electron chi connectivity index (χ2n) is 7.28. The Balaban J connectivity index is 1.65. The van der Waals surface area contributed by atoms with Crippen molar-refractivity contribution in [3.63, 3.8) is 0 Å². The highest BCUT2D eigenvalue weighted by molar-refractivity contribution is 5.74. The van der Waals surface area contributed by atoms with Gasteiger partial charge in [-0.25, -0.2) is 14.5 Å². The van der Waals surface area contributed by atoms with Crippen molar-refractivity contribution in [1.29, 1.82) is 0 Å². The van der Waals surface area contributed by atoms with Crippen LogP contribution in [-0.4, -0.2) is 32.7 Å². The minimum atomic E-state index is -0.160. The number of urea groups is 1. The number of fused-ring (bicyclic) bond motifs is 1. The van der Waals surface area contributed by atoms with E-state index in [4.69, 9.17) is 0 Å². The van der Waals surface area contributed by atoms with E-state index in [1.54, 1.807) is 4.90 Å². The standard InChI is InChI=1S/C18H25N5O/c1-18(2,3)23-16(20-12-21-23)11-19-17(24)22(4)15-10-9-13-7-5-6-8-14(13)15/h5-8,12,15H,9-11H2,1-4H3,(H,19,24). The molecule has 24 heavy (non-hydrogen) atoms. The minimum absolute atomic E-state index is 0.0832. The summed E-state index contributed by atoms with van der Waals surface area (Å²) in [5.74, 6) is 0.760. The van der Waals surface area contributed by atoms with Crippen LogP contribution in [0.25, 0.3) is 0 Å². The molecule has 0 fully saturated rings. The lowest BCUT2D eigenvalue weighted by Crippen LogP contribution is -2.39. The second-order valence-corrected chi connectivity index (χ2v) is 7.28. The van der Waals surface area contributed by atoms with E-state index in [2.05, 4.69) is 54.4 Å². The predicted molar refractivity (Wildman–Crippen MR) is 92.5 cm³/mol. The Morgan fingerprint density at radius 2 is 2.12 bits per heavy atom. The van der Waals surface area contributed by atoms with Gasteiger partial charge >= 0.3 is 6.03 Å². The maximum atomic E-state index is 12.6. The number of rotatable bonds is 3. The van der Waals surface area contributed by atoms with E-state index < -0.39 is 0 Å². The van der Waals surface area contributed by atoms with Gasteiger partial charge in [0.05, 0.1) is 18.1 Å². The van der Waals surface area contributed by atoms with Crippen molar-refractivity contribution in [1.82, 2.24) is 25.0 Å². The number of hydrogen-bond donors (Lipinski definition) is 1. The summed E-state index contributed by atoms with van der Waals surface area (Å²) in [6, 6.07) is 8.41. The molecule has 6 heteroatoms. The first kappa shape index (κ1) is 16.5. The Bertz CT molecular complexity index is 731. The molecule has 1 heterocycles. The molecule has 0 spiro atoms. The molecule has 1 aliphatic carbocycles. The molecule has 0 radical (unpaired) electrons.